The second-order valence-electron chi connectivity index (χ2n) is 9.05. The molecule has 0 radical (unpaired) electrons. The minimum atomic E-state index is -4.65. The number of Topliss-reactive ketones (excluding diaryl/α,β-unsaturated/α-hetero) is 1. The minimum absolute atomic E-state index is 0. The standard InChI is InChI=1S/C19H28O5S.Na/c1-18-9-7-13(24-25(21,22)23)11-12(18)3-4-14-15-5-6-17(20)19(15,2)10-8-16(14)18;/h3,13-16H,4-11H2,1-2H3,(H,21,22,23);/q;+1/p-1/t13-,14?,15-,16?,18-,19-;/m0./s1. The third-order valence-electron chi connectivity index (χ3n) is 8.02. The Labute approximate surface area is 178 Å². The SMILES string of the molecule is C[C@]12CC[C@H](OS(=O)(=O)[O-])CC1=CCC1C2CC[C@]2(C)C(=O)CC[C@@H]12.[Na+]. The third kappa shape index (κ3) is 3.29. The zero-order valence-corrected chi connectivity index (χ0v) is 18.8. The van der Waals surface area contributed by atoms with Crippen molar-refractivity contribution in [3.05, 3.63) is 11.6 Å². The molecule has 0 aromatic heterocycles. The van der Waals surface area contributed by atoms with Gasteiger partial charge in [0.25, 0.3) is 0 Å². The van der Waals surface area contributed by atoms with Crippen LogP contribution >= 0.6 is 0 Å². The van der Waals surface area contributed by atoms with Crippen LogP contribution in [0.5, 0.6) is 0 Å². The van der Waals surface area contributed by atoms with Crippen molar-refractivity contribution in [1.82, 2.24) is 0 Å². The van der Waals surface area contributed by atoms with Crippen LogP contribution in [-0.2, 0) is 19.4 Å². The Bertz CT molecular complexity index is 732. The van der Waals surface area contributed by atoms with Gasteiger partial charge in [-0.15, -0.1) is 0 Å². The van der Waals surface area contributed by atoms with Gasteiger partial charge in [0.15, 0.2) is 0 Å². The van der Waals surface area contributed by atoms with Gasteiger partial charge < -0.3 is 4.55 Å². The van der Waals surface area contributed by atoms with E-state index >= 15 is 0 Å². The first kappa shape index (κ1) is 21.0. The van der Waals surface area contributed by atoms with Crippen molar-refractivity contribution in [1.29, 1.82) is 0 Å². The van der Waals surface area contributed by atoms with E-state index in [1.165, 1.54) is 5.57 Å². The topological polar surface area (TPSA) is 83.5 Å². The van der Waals surface area contributed by atoms with Crippen LogP contribution in [0, 0.1) is 28.6 Å². The smallest absolute Gasteiger partial charge is 0.726 e. The minimum Gasteiger partial charge on any atom is -0.726 e. The molecule has 0 bridgehead atoms. The molecular formula is C19H27NaO5S. The summed E-state index contributed by atoms with van der Waals surface area (Å²) in [6, 6.07) is 0. The number of hydrogen-bond donors (Lipinski definition) is 0. The fraction of sp³-hybridized carbons (Fsp3) is 0.842. The Kier molecular flexibility index (Phi) is 5.62. The maximum absolute atomic E-state index is 12.4. The van der Waals surface area contributed by atoms with Crippen molar-refractivity contribution in [3.63, 3.8) is 0 Å². The molecule has 0 saturated heterocycles. The maximum atomic E-state index is 12.4. The van der Waals surface area contributed by atoms with Crippen LogP contribution in [0.1, 0.15) is 65.2 Å². The zero-order chi connectivity index (χ0) is 18.0. The number of carbonyl (C=O) groups excluding carboxylic acids is 1. The second kappa shape index (κ2) is 6.96. The van der Waals surface area contributed by atoms with E-state index in [1.54, 1.807) is 0 Å². The summed E-state index contributed by atoms with van der Waals surface area (Å²) in [7, 11) is -4.65. The Morgan fingerprint density at radius 1 is 1.12 bits per heavy atom. The number of carbonyl (C=O) groups is 1. The number of ketones is 1. The first-order valence-electron chi connectivity index (χ1n) is 9.50. The third-order valence-corrected chi connectivity index (χ3v) is 8.53. The largest absolute Gasteiger partial charge is 1.00 e. The molecule has 0 aromatic rings. The van der Waals surface area contributed by atoms with Crippen LogP contribution in [0.2, 0.25) is 0 Å². The van der Waals surface area contributed by atoms with E-state index in [0.717, 1.165) is 38.5 Å². The molecule has 4 rings (SSSR count). The van der Waals surface area contributed by atoms with Gasteiger partial charge in [-0.2, -0.15) is 0 Å². The van der Waals surface area contributed by atoms with E-state index in [1.807, 2.05) is 0 Å². The molecule has 0 spiro atoms. The molecule has 6 atom stereocenters. The van der Waals surface area contributed by atoms with Gasteiger partial charge in [-0.1, -0.05) is 25.5 Å². The predicted octanol–water partition coefficient (Wildman–Crippen LogP) is 0.368. The van der Waals surface area contributed by atoms with E-state index in [-0.39, 0.29) is 40.4 Å². The molecule has 0 N–H and O–H groups in total. The first-order valence-corrected chi connectivity index (χ1v) is 10.8. The molecule has 26 heavy (non-hydrogen) atoms. The summed E-state index contributed by atoms with van der Waals surface area (Å²) in [5.74, 6) is 2.05. The molecule has 140 valence electrons. The molecule has 0 aromatic carbocycles. The molecule has 5 nitrogen and oxygen atoms in total. The van der Waals surface area contributed by atoms with Gasteiger partial charge in [0.1, 0.15) is 5.78 Å². The average molecular weight is 390 g/mol. The van der Waals surface area contributed by atoms with Crippen molar-refractivity contribution in [3.8, 4) is 0 Å². The summed E-state index contributed by atoms with van der Waals surface area (Å²) in [6.07, 6.45) is 8.55. The molecule has 0 heterocycles. The molecule has 3 saturated carbocycles. The van der Waals surface area contributed by atoms with Crippen molar-refractivity contribution in [2.24, 2.45) is 28.6 Å². The molecule has 0 amide bonds. The number of rotatable bonds is 2. The first-order chi connectivity index (χ1) is 11.6. The van der Waals surface area contributed by atoms with E-state index in [2.05, 4.69) is 19.9 Å². The van der Waals surface area contributed by atoms with Gasteiger partial charge in [0.2, 0.25) is 10.4 Å². The van der Waals surface area contributed by atoms with Gasteiger partial charge in [-0.05, 0) is 68.1 Å². The summed E-state index contributed by atoms with van der Waals surface area (Å²) in [5, 5.41) is 0. The van der Waals surface area contributed by atoms with E-state index < -0.39 is 16.5 Å². The van der Waals surface area contributed by atoms with Gasteiger partial charge in [-0.3, -0.25) is 8.98 Å². The number of allylic oxidation sites excluding steroid dienone is 1. The Hall–Kier alpha value is 0.280. The summed E-state index contributed by atoms with van der Waals surface area (Å²) in [4.78, 5) is 12.4. The van der Waals surface area contributed by atoms with Crippen molar-refractivity contribution in [2.75, 3.05) is 0 Å². The average Bonchev–Trinajstić information content (AvgIpc) is 2.82. The molecule has 3 fully saturated rings. The molecule has 0 aliphatic heterocycles. The van der Waals surface area contributed by atoms with Crippen molar-refractivity contribution < 1.29 is 51.5 Å². The van der Waals surface area contributed by atoms with Crippen LogP contribution in [0.3, 0.4) is 0 Å². The number of fused-ring (bicyclic) bond motifs is 5. The predicted molar refractivity (Wildman–Crippen MR) is 91.3 cm³/mol. The molecular weight excluding hydrogens is 363 g/mol. The van der Waals surface area contributed by atoms with Gasteiger partial charge in [-0.25, -0.2) is 8.42 Å². The zero-order valence-electron chi connectivity index (χ0n) is 16.0. The Morgan fingerprint density at radius 2 is 1.77 bits per heavy atom. The van der Waals surface area contributed by atoms with E-state index in [0.29, 0.717) is 36.4 Å². The fourth-order valence-electron chi connectivity index (χ4n) is 6.65. The van der Waals surface area contributed by atoms with Crippen LogP contribution in [0.15, 0.2) is 11.6 Å². The second-order valence-corrected chi connectivity index (χ2v) is 10.1. The summed E-state index contributed by atoms with van der Waals surface area (Å²) < 4.78 is 37.5. The maximum Gasteiger partial charge on any atom is 1.00 e. The van der Waals surface area contributed by atoms with Crippen molar-refractivity contribution >= 4 is 16.2 Å². The monoisotopic (exact) mass is 390 g/mol. The van der Waals surface area contributed by atoms with Crippen LogP contribution in [-0.4, -0.2) is 24.9 Å². The normalized spacial score (nSPS) is 45.0. The molecule has 2 unspecified atom stereocenters. The van der Waals surface area contributed by atoms with Gasteiger partial charge in [0.05, 0.1) is 6.10 Å². The summed E-state index contributed by atoms with van der Waals surface area (Å²) in [5.41, 5.74) is 1.20. The number of hydrogen-bond acceptors (Lipinski definition) is 5. The Morgan fingerprint density at radius 3 is 2.46 bits per heavy atom. The van der Waals surface area contributed by atoms with E-state index in [9.17, 15) is 17.8 Å². The molecule has 7 heteroatoms. The van der Waals surface area contributed by atoms with Crippen LogP contribution < -0.4 is 29.6 Å². The van der Waals surface area contributed by atoms with Crippen LogP contribution in [0.4, 0.5) is 0 Å². The van der Waals surface area contributed by atoms with Crippen molar-refractivity contribution in [2.45, 2.75) is 71.3 Å². The van der Waals surface area contributed by atoms with Gasteiger partial charge >= 0.3 is 29.6 Å². The summed E-state index contributed by atoms with van der Waals surface area (Å²) in [6.45, 7) is 4.48. The van der Waals surface area contributed by atoms with Gasteiger partial charge in [0, 0.05) is 11.8 Å². The quantitative estimate of drug-likeness (QED) is 0.294. The summed E-state index contributed by atoms with van der Waals surface area (Å²) >= 11 is 0. The molecule has 4 aliphatic carbocycles. The van der Waals surface area contributed by atoms with E-state index in [4.69, 9.17) is 4.18 Å². The fourth-order valence-corrected chi connectivity index (χ4v) is 7.14. The van der Waals surface area contributed by atoms with Crippen LogP contribution in [0.25, 0.3) is 0 Å². The molecule has 4 aliphatic rings. The Balaban J connectivity index is 0.00000196.